The normalized spacial score (nSPS) is 10.1. The van der Waals surface area contributed by atoms with Crippen LogP contribution in [0.1, 0.15) is 36.3 Å². The van der Waals surface area contributed by atoms with E-state index in [-0.39, 0.29) is 17.7 Å². The first-order valence-electron chi connectivity index (χ1n) is 5.51. The van der Waals surface area contributed by atoms with E-state index in [1.807, 2.05) is 20.8 Å². The fraction of sp³-hybridized carbons (Fsp3) is 0.417. The van der Waals surface area contributed by atoms with E-state index >= 15 is 0 Å². The van der Waals surface area contributed by atoms with Crippen LogP contribution >= 0.6 is 0 Å². The van der Waals surface area contributed by atoms with Gasteiger partial charge in [0.15, 0.2) is 0 Å². The third kappa shape index (κ3) is 4.63. The minimum absolute atomic E-state index is 0.201. The minimum atomic E-state index is -0.366. The van der Waals surface area contributed by atoms with Gasteiger partial charge in [-0.25, -0.2) is 0 Å². The fourth-order valence-corrected chi connectivity index (χ4v) is 1.22. The first-order valence-corrected chi connectivity index (χ1v) is 5.51. The number of carbonyl (C=O) groups excluding carboxylic acids is 2. The third-order valence-electron chi connectivity index (χ3n) is 2.08. The summed E-state index contributed by atoms with van der Waals surface area (Å²) in [4.78, 5) is 26.9. The van der Waals surface area contributed by atoms with Crippen molar-refractivity contribution < 1.29 is 9.59 Å². The van der Waals surface area contributed by atoms with Crippen LogP contribution in [0.15, 0.2) is 18.3 Å². The van der Waals surface area contributed by atoms with Crippen LogP contribution in [0, 0.1) is 12.8 Å². The molecule has 0 atom stereocenters. The molecule has 0 saturated heterocycles. The van der Waals surface area contributed by atoms with E-state index in [0.29, 0.717) is 12.0 Å². The van der Waals surface area contributed by atoms with Crippen molar-refractivity contribution >= 4 is 11.8 Å². The number of aromatic nitrogens is 1. The van der Waals surface area contributed by atoms with Crippen molar-refractivity contribution in [3.63, 3.8) is 0 Å². The summed E-state index contributed by atoms with van der Waals surface area (Å²) in [5.74, 6) is -0.309. The molecule has 0 spiro atoms. The molecule has 0 unspecified atom stereocenters. The number of amides is 2. The predicted octanol–water partition coefficient (Wildman–Crippen LogP) is 1.20. The summed E-state index contributed by atoms with van der Waals surface area (Å²) in [5.41, 5.74) is 5.96. The average molecular weight is 235 g/mol. The van der Waals surface area contributed by atoms with Crippen molar-refractivity contribution in [2.75, 3.05) is 0 Å². The summed E-state index contributed by atoms with van der Waals surface area (Å²) in [7, 11) is 0. The van der Waals surface area contributed by atoms with Crippen LogP contribution in [0.3, 0.4) is 0 Å². The van der Waals surface area contributed by atoms with Gasteiger partial charge in [0.05, 0.1) is 5.56 Å². The van der Waals surface area contributed by atoms with Gasteiger partial charge in [0.25, 0.3) is 5.91 Å². The molecule has 0 aromatic carbocycles. The average Bonchev–Trinajstić information content (AvgIpc) is 2.26. The zero-order valence-electron chi connectivity index (χ0n) is 10.3. The molecule has 1 rings (SSSR count). The van der Waals surface area contributed by atoms with Crippen molar-refractivity contribution in [1.82, 2.24) is 15.8 Å². The highest BCUT2D eigenvalue weighted by Gasteiger charge is 2.08. The second-order valence-corrected chi connectivity index (χ2v) is 4.29. The Morgan fingerprint density at radius 3 is 2.53 bits per heavy atom. The molecule has 5 heteroatoms. The maximum absolute atomic E-state index is 11.6. The van der Waals surface area contributed by atoms with Gasteiger partial charge in [0.2, 0.25) is 5.91 Å². The van der Waals surface area contributed by atoms with Crippen LogP contribution in [0.5, 0.6) is 0 Å². The van der Waals surface area contributed by atoms with E-state index in [2.05, 4.69) is 15.8 Å². The Morgan fingerprint density at radius 2 is 2.00 bits per heavy atom. The lowest BCUT2D eigenvalue weighted by atomic mass is 10.1. The Morgan fingerprint density at radius 1 is 1.29 bits per heavy atom. The number of hydrogen-bond donors (Lipinski definition) is 2. The molecule has 0 aliphatic carbocycles. The van der Waals surface area contributed by atoms with Crippen LogP contribution in [-0.2, 0) is 4.79 Å². The van der Waals surface area contributed by atoms with Crippen molar-refractivity contribution in [1.29, 1.82) is 0 Å². The van der Waals surface area contributed by atoms with Gasteiger partial charge >= 0.3 is 0 Å². The van der Waals surface area contributed by atoms with Gasteiger partial charge in [-0.2, -0.15) is 0 Å². The van der Waals surface area contributed by atoms with Gasteiger partial charge in [0, 0.05) is 18.3 Å². The maximum atomic E-state index is 11.6. The van der Waals surface area contributed by atoms with Crippen molar-refractivity contribution in [3.8, 4) is 0 Å². The zero-order chi connectivity index (χ0) is 12.8. The van der Waals surface area contributed by atoms with Crippen LogP contribution in [0.2, 0.25) is 0 Å². The fourth-order valence-electron chi connectivity index (χ4n) is 1.22. The molecule has 0 fully saturated rings. The molecule has 1 aromatic heterocycles. The monoisotopic (exact) mass is 235 g/mol. The molecule has 0 aliphatic heterocycles. The first kappa shape index (κ1) is 13.2. The molecule has 1 heterocycles. The number of nitrogens with zero attached hydrogens (tertiary/aromatic N) is 1. The highest BCUT2D eigenvalue weighted by molar-refractivity contribution is 5.95. The van der Waals surface area contributed by atoms with Gasteiger partial charge < -0.3 is 0 Å². The Hall–Kier alpha value is -1.91. The van der Waals surface area contributed by atoms with Crippen molar-refractivity contribution in [2.45, 2.75) is 27.2 Å². The molecule has 0 bridgehead atoms. The van der Waals surface area contributed by atoms with Crippen molar-refractivity contribution in [3.05, 3.63) is 29.6 Å². The van der Waals surface area contributed by atoms with Crippen LogP contribution < -0.4 is 10.9 Å². The second-order valence-electron chi connectivity index (χ2n) is 4.29. The summed E-state index contributed by atoms with van der Waals surface area (Å²) in [6.07, 6.45) is 1.85. The Bertz CT molecular complexity index is 399. The van der Waals surface area contributed by atoms with E-state index in [9.17, 15) is 9.59 Å². The first-order chi connectivity index (χ1) is 7.99. The van der Waals surface area contributed by atoms with Gasteiger partial charge in [-0.1, -0.05) is 13.8 Å². The number of pyridine rings is 1. The number of aryl methyl sites for hydroxylation is 1. The van der Waals surface area contributed by atoms with E-state index in [1.165, 1.54) is 6.20 Å². The minimum Gasteiger partial charge on any atom is -0.273 e. The third-order valence-corrected chi connectivity index (χ3v) is 2.08. The van der Waals surface area contributed by atoms with Crippen molar-refractivity contribution in [2.24, 2.45) is 5.92 Å². The number of nitrogens with one attached hydrogen (secondary N) is 2. The lowest BCUT2D eigenvalue weighted by Gasteiger charge is -2.08. The molecule has 2 amide bonds. The number of carbonyl (C=O) groups is 2. The van der Waals surface area contributed by atoms with Gasteiger partial charge in [0.1, 0.15) is 0 Å². The zero-order valence-corrected chi connectivity index (χ0v) is 10.3. The lowest BCUT2D eigenvalue weighted by molar-refractivity contribution is -0.122. The smallest absolute Gasteiger partial charge is 0.271 e. The summed E-state index contributed by atoms with van der Waals surface area (Å²) in [6.45, 7) is 5.71. The molecule has 0 aliphatic rings. The van der Waals surface area contributed by atoms with Crippen LogP contribution in [0.25, 0.3) is 0 Å². The van der Waals surface area contributed by atoms with Crippen LogP contribution in [-0.4, -0.2) is 16.8 Å². The predicted molar refractivity (Wildman–Crippen MR) is 64.0 cm³/mol. The van der Waals surface area contributed by atoms with E-state index in [4.69, 9.17) is 0 Å². The Balaban J connectivity index is 2.45. The molecular weight excluding hydrogens is 218 g/mol. The molecule has 1 aromatic rings. The topological polar surface area (TPSA) is 71.1 Å². The lowest BCUT2D eigenvalue weighted by Crippen LogP contribution is -2.42. The highest BCUT2D eigenvalue weighted by Crippen LogP contribution is 1.99. The summed E-state index contributed by atoms with van der Waals surface area (Å²) >= 11 is 0. The van der Waals surface area contributed by atoms with E-state index in [0.717, 1.165) is 5.69 Å². The molecule has 92 valence electrons. The molecule has 0 saturated carbocycles. The Kier molecular flexibility index (Phi) is 4.63. The SMILES string of the molecule is Cc1ccc(C(=O)NNC(=O)CC(C)C)cn1. The Labute approximate surface area is 101 Å². The number of rotatable bonds is 3. The van der Waals surface area contributed by atoms with Gasteiger partial charge in [-0.05, 0) is 25.0 Å². The van der Waals surface area contributed by atoms with E-state index < -0.39 is 0 Å². The largest absolute Gasteiger partial charge is 0.273 e. The van der Waals surface area contributed by atoms with Crippen LogP contribution in [0.4, 0.5) is 0 Å². The molecule has 5 nitrogen and oxygen atoms in total. The van der Waals surface area contributed by atoms with Gasteiger partial charge in [-0.15, -0.1) is 0 Å². The maximum Gasteiger partial charge on any atom is 0.271 e. The quantitative estimate of drug-likeness (QED) is 0.773. The molecular formula is C12H17N3O2. The molecule has 17 heavy (non-hydrogen) atoms. The summed E-state index contributed by atoms with van der Waals surface area (Å²) < 4.78 is 0. The van der Waals surface area contributed by atoms with E-state index in [1.54, 1.807) is 12.1 Å². The standard InChI is InChI=1S/C12H17N3O2/c1-8(2)6-11(16)14-15-12(17)10-5-4-9(3)13-7-10/h4-5,7-8H,6H2,1-3H3,(H,14,16)(H,15,17). The number of hydrazine groups is 1. The summed E-state index contributed by atoms with van der Waals surface area (Å²) in [5, 5.41) is 0. The van der Waals surface area contributed by atoms with Gasteiger partial charge in [-0.3, -0.25) is 25.4 Å². The summed E-state index contributed by atoms with van der Waals surface area (Å²) in [6, 6.07) is 3.40. The second kappa shape index (κ2) is 5.98. The number of hydrogen-bond acceptors (Lipinski definition) is 3. The highest BCUT2D eigenvalue weighted by atomic mass is 16.2. The molecule has 0 radical (unpaired) electrons. The molecule has 2 N–H and O–H groups in total.